The number of ketones is 1. The van der Waals surface area contributed by atoms with Crippen molar-refractivity contribution in [2.45, 2.75) is 31.5 Å². The molecule has 1 saturated heterocycles. The van der Waals surface area contributed by atoms with Gasteiger partial charge in [-0.25, -0.2) is 0 Å². The van der Waals surface area contributed by atoms with E-state index < -0.39 is 11.6 Å². The maximum Gasteiger partial charge on any atom is 0.274 e. The predicted octanol–water partition coefficient (Wildman–Crippen LogP) is 2.83. The van der Waals surface area contributed by atoms with E-state index in [2.05, 4.69) is 15.4 Å². The molecule has 0 unspecified atom stereocenters. The van der Waals surface area contributed by atoms with Crippen molar-refractivity contribution in [2.24, 2.45) is 0 Å². The van der Waals surface area contributed by atoms with Crippen LogP contribution in [0.15, 0.2) is 58.6 Å². The number of aliphatic hydroxyl groups excluding tert-OH is 1. The molecule has 8 heteroatoms. The lowest BCUT2D eigenvalue weighted by atomic mass is 9.78. The van der Waals surface area contributed by atoms with E-state index in [0.29, 0.717) is 26.1 Å². The molecule has 1 aromatic carbocycles. The van der Waals surface area contributed by atoms with Gasteiger partial charge in [0.1, 0.15) is 6.26 Å². The second-order valence-corrected chi connectivity index (χ2v) is 8.46. The van der Waals surface area contributed by atoms with Gasteiger partial charge in [0.2, 0.25) is 0 Å². The molecule has 0 saturated carbocycles. The van der Waals surface area contributed by atoms with Crippen LogP contribution in [-0.2, 0) is 12.1 Å². The minimum Gasteiger partial charge on any atom is -0.389 e. The highest BCUT2D eigenvalue weighted by Gasteiger charge is 2.45. The van der Waals surface area contributed by atoms with Crippen LogP contribution < -0.4 is 5.32 Å². The van der Waals surface area contributed by atoms with Crippen molar-refractivity contribution in [1.29, 1.82) is 0 Å². The summed E-state index contributed by atoms with van der Waals surface area (Å²) in [6.45, 7) is 3.27. The molecule has 0 spiro atoms. The zero-order chi connectivity index (χ0) is 21.1. The molecular weight excluding hydrogens is 402 g/mol. The highest BCUT2D eigenvalue weighted by molar-refractivity contribution is 7.12. The summed E-state index contributed by atoms with van der Waals surface area (Å²) in [4.78, 5) is 27.2. The minimum atomic E-state index is -0.924. The number of amides is 1. The molecule has 1 fully saturated rings. The summed E-state index contributed by atoms with van der Waals surface area (Å²) in [6, 6.07) is 12.9. The Kier molecular flexibility index (Phi) is 5.80. The van der Waals surface area contributed by atoms with Gasteiger partial charge in [0.15, 0.2) is 11.5 Å². The fourth-order valence-electron chi connectivity index (χ4n) is 3.92. The molecule has 1 aliphatic heterocycles. The normalized spacial score (nSPS) is 22.0. The second-order valence-electron chi connectivity index (χ2n) is 7.55. The topological polar surface area (TPSA) is 95.7 Å². The average Bonchev–Trinajstić information content (AvgIpc) is 3.43. The number of piperidine rings is 1. The Balaban J connectivity index is 1.54. The molecule has 0 aliphatic carbocycles. The van der Waals surface area contributed by atoms with Crippen LogP contribution in [-0.4, -0.2) is 46.0 Å². The van der Waals surface area contributed by atoms with Crippen molar-refractivity contribution in [3.63, 3.8) is 0 Å². The van der Waals surface area contributed by atoms with Crippen LogP contribution in [0.1, 0.15) is 44.6 Å². The predicted molar refractivity (Wildman–Crippen MR) is 112 cm³/mol. The van der Waals surface area contributed by atoms with Crippen molar-refractivity contribution in [1.82, 2.24) is 15.4 Å². The van der Waals surface area contributed by atoms with Crippen LogP contribution >= 0.6 is 11.3 Å². The number of thiophene rings is 1. The molecule has 1 aliphatic rings. The number of hydrogen-bond acceptors (Lipinski definition) is 7. The number of aliphatic hydroxyl groups is 1. The van der Waals surface area contributed by atoms with E-state index in [-0.39, 0.29) is 17.4 Å². The van der Waals surface area contributed by atoms with Gasteiger partial charge in [-0.05, 0) is 35.9 Å². The number of likely N-dealkylation sites (tertiary alicyclic amines) is 1. The first-order valence-electron chi connectivity index (χ1n) is 9.75. The van der Waals surface area contributed by atoms with Gasteiger partial charge in [-0.2, -0.15) is 0 Å². The number of aromatic nitrogens is 1. The molecule has 1 amide bonds. The van der Waals surface area contributed by atoms with Crippen LogP contribution in [0, 0.1) is 0 Å². The fraction of sp³-hybridized carbons (Fsp3) is 0.318. The number of hydrogen-bond donors (Lipinski definition) is 2. The molecule has 2 aromatic heterocycles. The molecule has 7 nitrogen and oxygen atoms in total. The van der Waals surface area contributed by atoms with Crippen molar-refractivity contribution in [3.8, 4) is 0 Å². The molecular formula is C22H23N3O4S. The fourth-order valence-corrected chi connectivity index (χ4v) is 4.73. The van der Waals surface area contributed by atoms with Gasteiger partial charge in [-0.3, -0.25) is 14.5 Å². The van der Waals surface area contributed by atoms with Gasteiger partial charge < -0.3 is 14.9 Å². The monoisotopic (exact) mass is 425 g/mol. The summed E-state index contributed by atoms with van der Waals surface area (Å²) < 4.78 is 4.79. The Labute approximate surface area is 178 Å². The first-order chi connectivity index (χ1) is 14.5. The summed E-state index contributed by atoms with van der Waals surface area (Å²) in [5, 5.41) is 19.9. The van der Waals surface area contributed by atoms with Crippen molar-refractivity contribution in [3.05, 3.63) is 75.8 Å². The lowest BCUT2D eigenvalue weighted by Gasteiger charge is -2.46. The van der Waals surface area contributed by atoms with Gasteiger partial charge in [0, 0.05) is 25.7 Å². The van der Waals surface area contributed by atoms with E-state index in [1.807, 2.05) is 41.8 Å². The Morgan fingerprint density at radius 3 is 2.77 bits per heavy atom. The zero-order valence-corrected chi connectivity index (χ0v) is 17.4. The van der Waals surface area contributed by atoms with Crippen LogP contribution in [0.25, 0.3) is 0 Å². The third kappa shape index (κ3) is 4.07. The average molecular weight is 426 g/mol. The third-order valence-corrected chi connectivity index (χ3v) is 6.61. The molecule has 2 N–H and O–H groups in total. The quantitative estimate of drug-likeness (QED) is 0.590. The van der Waals surface area contributed by atoms with Gasteiger partial charge in [-0.15, -0.1) is 11.3 Å². The van der Waals surface area contributed by atoms with E-state index in [0.717, 1.165) is 16.0 Å². The van der Waals surface area contributed by atoms with E-state index in [9.17, 15) is 14.7 Å². The van der Waals surface area contributed by atoms with Gasteiger partial charge in [0.25, 0.3) is 5.91 Å². The molecule has 156 valence electrons. The maximum atomic E-state index is 12.7. The number of rotatable bonds is 6. The standard InChI is InChI=1S/C22H23N3O4S/c1-15(26)19-11-16(14-30-19)12-25-9-8-22(20(27)13-25,17-5-3-2-4-6-17)23-21(28)18-7-10-29-24-18/h2-7,10-11,14,20,27H,8-9,12-13H2,1H3,(H,23,28)/t20-,22+/m1/s1. The number of β-amino-alcohol motifs (C(OH)–C–C–N with tert-alkyl or cyclic N) is 1. The number of carbonyl (C=O) groups is 2. The third-order valence-electron chi connectivity index (χ3n) is 5.53. The van der Waals surface area contributed by atoms with E-state index in [1.54, 1.807) is 6.92 Å². The van der Waals surface area contributed by atoms with Crippen LogP contribution in [0.5, 0.6) is 0 Å². The Morgan fingerprint density at radius 1 is 1.33 bits per heavy atom. The molecule has 3 aromatic rings. The summed E-state index contributed by atoms with van der Waals surface area (Å²) in [6.07, 6.45) is 1.06. The van der Waals surface area contributed by atoms with Gasteiger partial charge in [-0.1, -0.05) is 35.5 Å². The summed E-state index contributed by atoms with van der Waals surface area (Å²) >= 11 is 1.44. The lowest BCUT2D eigenvalue weighted by Crippen LogP contribution is -2.61. The Bertz CT molecular complexity index is 1020. The largest absolute Gasteiger partial charge is 0.389 e. The maximum absolute atomic E-state index is 12.7. The summed E-state index contributed by atoms with van der Waals surface area (Å²) in [5.74, 6) is -0.326. The number of nitrogens with one attached hydrogen (secondary N) is 1. The Morgan fingerprint density at radius 2 is 2.13 bits per heavy atom. The highest BCUT2D eigenvalue weighted by Crippen LogP contribution is 2.34. The number of carbonyl (C=O) groups excluding carboxylic acids is 2. The molecule has 0 radical (unpaired) electrons. The molecule has 0 bridgehead atoms. The van der Waals surface area contributed by atoms with Gasteiger partial charge in [0.05, 0.1) is 16.5 Å². The van der Waals surface area contributed by atoms with Crippen LogP contribution in [0.4, 0.5) is 0 Å². The first kappa shape index (κ1) is 20.5. The summed E-state index contributed by atoms with van der Waals surface area (Å²) in [5.41, 5.74) is 1.15. The van der Waals surface area contributed by atoms with Crippen molar-refractivity contribution >= 4 is 23.0 Å². The second kappa shape index (κ2) is 8.51. The number of benzene rings is 1. The zero-order valence-electron chi connectivity index (χ0n) is 16.6. The SMILES string of the molecule is CC(=O)c1cc(CN2CC[C@](NC(=O)c3ccon3)(c3ccccc3)[C@H](O)C2)cs1. The van der Waals surface area contributed by atoms with Crippen molar-refractivity contribution < 1.29 is 19.2 Å². The lowest BCUT2D eigenvalue weighted by molar-refractivity contribution is -0.0182. The molecule has 4 rings (SSSR count). The van der Waals surface area contributed by atoms with E-state index in [1.165, 1.54) is 23.7 Å². The van der Waals surface area contributed by atoms with E-state index >= 15 is 0 Å². The first-order valence-corrected chi connectivity index (χ1v) is 10.6. The number of Topliss-reactive ketones (excluding diaryl/α,β-unsaturated/α-hetero) is 1. The van der Waals surface area contributed by atoms with Crippen LogP contribution in [0.2, 0.25) is 0 Å². The minimum absolute atomic E-state index is 0.0589. The number of nitrogens with zero attached hydrogens (tertiary/aromatic N) is 2. The Hall–Kier alpha value is -2.81. The van der Waals surface area contributed by atoms with Gasteiger partial charge >= 0.3 is 0 Å². The molecule has 3 heterocycles. The van der Waals surface area contributed by atoms with Crippen molar-refractivity contribution in [2.75, 3.05) is 13.1 Å². The smallest absolute Gasteiger partial charge is 0.274 e. The molecule has 2 atom stereocenters. The summed E-state index contributed by atoms with van der Waals surface area (Å²) in [7, 11) is 0. The van der Waals surface area contributed by atoms with Crippen LogP contribution in [0.3, 0.4) is 0 Å². The van der Waals surface area contributed by atoms with E-state index in [4.69, 9.17) is 4.52 Å². The molecule has 30 heavy (non-hydrogen) atoms. The highest BCUT2D eigenvalue weighted by atomic mass is 32.1.